The lowest BCUT2D eigenvalue weighted by atomic mass is 10.0. The lowest BCUT2D eigenvalue weighted by Crippen LogP contribution is -2.54. The Hall–Kier alpha value is -8.29. The third-order valence-electron chi connectivity index (χ3n) is 11.4. The summed E-state index contributed by atoms with van der Waals surface area (Å²) in [7, 11) is 2.26. The molecule has 0 heterocycles. The number of esters is 2. The molecule has 0 aromatic heterocycles. The molecule has 0 aliphatic carbocycles. The summed E-state index contributed by atoms with van der Waals surface area (Å²) in [4.78, 5) is 155. The molecule has 0 saturated heterocycles. The van der Waals surface area contributed by atoms with E-state index in [0.717, 1.165) is 14.2 Å². The minimum atomic E-state index is -5.06. The highest BCUT2D eigenvalue weighted by atomic mass is 19.4. The first-order valence-electron chi connectivity index (χ1n) is 25.4. The van der Waals surface area contributed by atoms with Gasteiger partial charge in [0.25, 0.3) is 0 Å². The fraction of sp³-hybridized carbons (Fsp3) is 0.612. The Morgan fingerprint density at radius 1 is 0.476 bits per heavy atom. The molecule has 82 heavy (non-hydrogen) atoms. The normalized spacial score (nSPS) is 13.9. The van der Waals surface area contributed by atoms with E-state index >= 15 is 0 Å². The van der Waals surface area contributed by atoms with Crippen molar-refractivity contribution in [2.45, 2.75) is 160 Å². The Morgan fingerprint density at radius 2 is 0.866 bits per heavy atom. The molecule has 0 aliphatic rings. The Kier molecular flexibility index (Phi) is 33.8. The zero-order valence-corrected chi connectivity index (χ0v) is 46.2. The number of amides is 11. The van der Waals surface area contributed by atoms with Gasteiger partial charge in [0, 0.05) is 31.8 Å². The third kappa shape index (κ3) is 31.5. The van der Waals surface area contributed by atoms with Gasteiger partial charge in [-0.05, 0) is 84.6 Å². The van der Waals surface area contributed by atoms with Gasteiger partial charge in [-0.15, -0.1) is 0 Å². The fourth-order valence-electron chi connectivity index (χ4n) is 6.49. The smallest absolute Gasteiger partial charge is 0.467 e. The first-order valence-corrected chi connectivity index (χ1v) is 25.4. The van der Waals surface area contributed by atoms with Gasteiger partial charge in [-0.1, -0.05) is 37.3 Å². The molecule has 13 N–H and O–H groups in total. The molecule has 1 aromatic carbocycles. The number of carbonyl (C=O) groups is 13. The number of carbonyl (C=O) groups excluding carboxylic acids is 13. The first-order chi connectivity index (χ1) is 38.1. The van der Waals surface area contributed by atoms with Crippen LogP contribution >= 0.6 is 0 Å². The average molecular weight is 1190 g/mol. The van der Waals surface area contributed by atoms with E-state index in [9.17, 15) is 88.7 Å². The van der Waals surface area contributed by atoms with Crippen molar-refractivity contribution in [2.24, 2.45) is 17.4 Å². The Balaban J connectivity index is 0.00000165. The number of nitrogens with one attached hydrogen (secondary N) is 9. The van der Waals surface area contributed by atoms with Crippen LogP contribution in [0, 0.1) is 5.92 Å². The number of methoxy groups -OCH3 is 2. The van der Waals surface area contributed by atoms with Crippen LogP contribution in [0.15, 0.2) is 30.3 Å². The van der Waals surface area contributed by atoms with Crippen LogP contribution < -0.4 is 59.3 Å². The van der Waals surface area contributed by atoms with Gasteiger partial charge >= 0.3 is 42.2 Å². The number of ether oxygens (including phenoxy) is 3. The quantitative estimate of drug-likeness (QED) is 0.0182. The standard InChI is InChI=1S/C28H39F3N6O9.C21H34F3N5O7/c1-16(23(40)35-17(2)25(42)45-3)34-24(41)20(11-7-8-14-33-26(43)28(29,30)31)36-21(38)13-12-19(22(32)39)37-27(44)46-15-18-9-5-4-6-10-18;1-11(16(25)31)8-9-15(30)29-14(7-5-6-10-26-20(35)21(22,23)24)18(33)27-12(2)17(32)28-13(3)19(34)36-4/h4-6,9-10,16-17,19-20H,7-8,11-15H2,1-3H3,(H2,32,39)(H,33,43)(H,34,41)(H,35,40)(H,36,38)(H,37,44);11-14H,5-10H2,1-4H3,(H2,25,31)(H,26,35)(H,27,33)(H,28,32)(H,29,30)/t16-,17-,19+,20+;11-,12-,13-,14+/m11/s1. The highest BCUT2D eigenvalue weighted by molar-refractivity contribution is 5.95. The molecule has 0 saturated carbocycles. The van der Waals surface area contributed by atoms with Crippen molar-refractivity contribution in [1.29, 1.82) is 0 Å². The number of alkyl halides is 6. The van der Waals surface area contributed by atoms with E-state index < -0.39 is 144 Å². The van der Waals surface area contributed by atoms with Gasteiger partial charge in [0.1, 0.15) is 48.9 Å². The molecule has 462 valence electrons. The molecule has 0 fully saturated rings. The molecular weight excluding hydrogens is 1110 g/mol. The largest absolute Gasteiger partial charge is 0.471 e. The monoisotopic (exact) mass is 1190 g/mol. The van der Waals surface area contributed by atoms with Crippen molar-refractivity contribution in [2.75, 3.05) is 27.3 Å². The number of rotatable bonds is 33. The second-order valence-corrected chi connectivity index (χ2v) is 18.2. The van der Waals surface area contributed by atoms with Gasteiger partial charge in [0.15, 0.2) is 0 Å². The van der Waals surface area contributed by atoms with Crippen LogP contribution in [-0.4, -0.2) is 159 Å². The topological polar surface area (TPSA) is 410 Å². The summed E-state index contributed by atoms with van der Waals surface area (Å²) < 4.78 is 88.0. The maximum absolute atomic E-state index is 13.0. The summed E-state index contributed by atoms with van der Waals surface area (Å²) in [5.41, 5.74) is 11.2. The van der Waals surface area contributed by atoms with Crippen molar-refractivity contribution in [3.8, 4) is 0 Å². The molecule has 0 unspecified atom stereocenters. The van der Waals surface area contributed by atoms with Crippen molar-refractivity contribution in [3.63, 3.8) is 0 Å². The highest BCUT2D eigenvalue weighted by Crippen LogP contribution is 2.16. The Bertz CT molecular complexity index is 2330. The fourth-order valence-corrected chi connectivity index (χ4v) is 6.49. The molecule has 0 radical (unpaired) electrons. The van der Waals surface area contributed by atoms with Gasteiger partial charge < -0.3 is 73.5 Å². The van der Waals surface area contributed by atoms with Crippen molar-refractivity contribution in [1.82, 2.24) is 47.9 Å². The summed E-state index contributed by atoms with van der Waals surface area (Å²) in [6.07, 6.45) is -11.5. The molecule has 1 rings (SSSR count). The second-order valence-electron chi connectivity index (χ2n) is 18.2. The van der Waals surface area contributed by atoms with E-state index in [1.165, 1.54) is 34.6 Å². The lowest BCUT2D eigenvalue weighted by Gasteiger charge is -2.22. The summed E-state index contributed by atoms with van der Waals surface area (Å²) >= 11 is 0. The number of unbranched alkanes of at least 4 members (excludes halogenated alkanes) is 2. The maximum Gasteiger partial charge on any atom is 0.471 e. The van der Waals surface area contributed by atoms with Gasteiger partial charge in [0.05, 0.1) is 14.2 Å². The van der Waals surface area contributed by atoms with E-state index in [4.69, 9.17) is 16.2 Å². The number of hydrogen-bond acceptors (Lipinski definition) is 16. The van der Waals surface area contributed by atoms with Crippen LogP contribution in [0.3, 0.4) is 0 Å². The Labute approximate surface area is 467 Å². The number of benzene rings is 1. The summed E-state index contributed by atoms with van der Waals surface area (Å²) in [5.74, 6) is -12.2. The van der Waals surface area contributed by atoms with Crippen molar-refractivity contribution in [3.05, 3.63) is 35.9 Å². The second kappa shape index (κ2) is 37.6. The first kappa shape index (κ1) is 73.7. The van der Waals surface area contributed by atoms with Crippen LogP contribution in [-0.2, 0) is 78.4 Å². The van der Waals surface area contributed by atoms with Crippen LogP contribution in [0.1, 0.15) is 104 Å². The van der Waals surface area contributed by atoms with Crippen LogP contribution in [0.25, 0.3) is 0 Å². The zero-order valence-electron chi connectivity index (χ0n) is 46.2. The maximum atomic E-state index is 13.0. The molecule has 27 nitrogen and oxygen atoms in total. The number of nitrogens with two attached hydrogens (primary N) is 2. The molecular formula is C49H73F6N11O16. The number of halogens is 6. The van der Waals surface area contributed by atoms with Crippen LogP contribution in [0.2, 0.25) is 0 Å². The molecule has 1 aromatic rings. The van der Waals surface area contributed by atoms with E-state index in [0.29, 0.717) is 5.56 Å². The molecule has 0 bridgehead atoms. The number of primary amides is 2. The predicted octanol–water partition coefficient (Wildman–Crippen LogP) is -0.533. The minimum Gasteiger partial charge on any atom is -0.467 e. The summed E-state index contributed by atoms with van der Waals surface area (Å²) in [6, 6.07) is 0.619. The lowest BCUT2D eigenvalue weighted by molar-refractivity contribution is -0.173. The summed E-state index contributed by atoms with van der Waals surface area (Å²) in [6.45, 7) is 6.16. The third-order valence-corrected chi connectivity index (χ3v) is 11.4. The van der Waals surface area contributed by atoms with Gasteiger partial charge in [-0.25, -0.2) is 14.4 Å². The van der Waals surface area contributed by atoms with Gasteiger partial charge in [-0.3, -0.25) is 47.9 Å². The van der Waals surface area contributed by atoms with Gasteiger partial charge in [0.2, 0.25) is 47.3 Å². The van der Waals surface area contributed by atoms with Crippen LogP contribution in [0.5, 0.6) is 0 Å². The molecule has 11 amide bonds. The Morgan fingerprint density at radius 3 is 1.23 bits per heavy atom. The predicted molar refractivity (Wildman–Crippen MR) is 274 cm³/mol. The zero-order chi connectivity index (χ0) is 62.9. The number of alkyl carbamates (subject to hydrolysis) is 1. The SMILES string of the molecule is COC(=O)[C@@H](C)NC(=O)[C@@H](C)NC(=O)[C@H](CCCCNC(=O)C(F)(F)F)NC(=O)CC[C@@H](C)C(N)=O.COC(=O)[C@@H](C)NC(=O)[C@@H](C)NC(=O)[C@H](CCCCNC(=O)C(F)(F)F)NC(=O)CC[C@H](NC(=O)OCc1ccccc1)C(N)=O. The van der Waals surface area contributed by atoms with Crippen molar-refractivity contribution >= 4 is 77.1 Å². The van der Waals surface area contributed by atoms with E-state index in [2.05, 4.69) is 46.7 Å². The molecule has 8 atom stereocenters. The van der Waals surface area contributed by atoms with E-state index in [-0.39, 0.29) is 77.5 Å². The van der Waals surface area contributed by atoms with E-state index in [1.807, 2.05) is 0 Å². The molecule has 0 aliphatic heterocycles. The van der Waals surface area contributed by atoms with Gasteiger partial charge in [-0.2, -0.15) is 26.3 Å². The number of hydrogen-bond donors (Lipinski definition) is 11. The highest BCUT2D eigenvalue weighted by Gasteiger charge is 2.39. The van der Waals surface area contributed by atoms with Crippen LogP contribution in [0.4, 0.5) is 31.1 Å². The molecule has 0 spiro atoms. The summed E-state index contributed by atoms with van der Waals surface area (Å²) in [5, 5.41) is 20.0. The molecule has 33 heteroatoms. The van der Waals surface area contributed by atoms with Crippen molar-refractivity contribution < 1.29 is 103 Å². The average Bonchev–Trinajstić information content (AvgIpc) is 3.40. The van der Waals surface area contributed by atoms with E-state index in [1.54, 1.807) is 41.0 Å². The minimum absolute atomic E-state index is 0.00686.